The van der Waals surface area contributed by atoms with Gasteiger partial charge >= 0.3 is 0 Å². The van der Waals surface area contributed by atoms with Gasteiger partial charge in [0.05, 0.1) is 24.8 Å². The summed E-state index contributed by atoms with van der Waals surface area (Å²) in [6, 6.07) is 3.32. The Balaban J connectivity index is 2.33. The van der Waals surface area contributed by atoms with E-state index in [2.05, 4.69) is 19.2 Å². The number of halogens is 1. The summed E-state index contributed by atoms with van der Waals surface area (Å²) in [4.78, 5) is 11.9. The van der Waals surface area contributed by atoms with Gasteiger partial charge in [-0.15, -0.1) is 0 Å². The van der Waals surface area contributed by atoms with Gasteiger partial charge < -0.3 is 14.8 Å². The van der Waals surface area contributed by atoms with E-state index in [1.807, 2.05) is 0 Å². The standard InChI is InChI=1S/C14H18ClNO3/c1-14(2)7-18-12-4-9(11(17)6-16-3)10(15)5-13(12)19-8-14/h4-5,16H,6-8H2,1-3H3. The Kier molecular flexibility index (Phi) is 4.02. The molecule has 0 aliphatic carbocycles. The predicted molar refractivity (Wildman–Crippen MR) is 74.5 cm³/mol. The Hall–Kier alpha value is -1.26. The van der Waals surface area contributed by atoms with Crippen LogP contribution in [0.2, 0.25) is 5.02 Å². The quantitative estimate of drug-likeness (QED) is 0.866. The zero-order valence-electron chi connectivity index (χ0n) is 11.4. The SMILES string of the molecule is CNCC(=O)c1cc2c(cc1Cl)OCC(C)(C)CO2. The third-order valence-corrected chi connectivity index (χ3v) is 3.22. The average Bonchev–Trinajstić information content (AvgIpc) is 2.48. The lowest BCUT2D eigenvalue weighted by atomic mass is 9.97. The topological polar surface area (TPSA) is 47.6 Å². The molecule has 5 heteroatoms. The maximum atomic E-state index is 11.9. The molecule has 1 aliphatic rings. The number of carbonyl (C=O) groups is 1. The van der Waals surface area contributed by atoms with Crippen molar-refractivity contribution in [2.75, 3.05) is 26.8 Å². The maximum Gasteiger partial charge on any atom is 0.178 e. The summed E-state index contributed by atoms with van der Waals surface area (Å²) in [5.41, 5.74) is 0.388. The number of hydrogen-bond acceptors (Lipinski definition) is 4. The van der Waals surface area contributed by atoms with E-state index in [1.165, 1.54) is 0 Å². The number of carbonyl (C=O) groups excluding carboxylic acids is 1. The van der Waals surface area contributed by atoms with Crippen LogP contribution in [0, 0.1) is 5.41 Å². The van der Waals surface area contributed by atoms with Crippen molar-refractivity contribution in [1.82, 2.24) is 5.32 Å². The molecule has 104 valence electrons. The van der Waals surface area contributed by atoms with Crippen LogP contribution in [0.25, 0.3) is 0 Å². The molecule has 0 bridgehead atoms. The Morgan fingerprint density at radius 2 is 1.89 bits per heavy atom. The molecule has 0 saturated heterocycles. The van der Waals surface area contributed by atoms with E-state index in [0.29, 0.717) is 35.3 Å². The van der Waals surface area contributed by atoms with Crippen molar-refractivity contribution < 1.29 is 14.3 Å². The average molecular weight is 284 g/mol. The van der Waals surface area contributed by atoms with E-state index in [9.17, 15) is 4.79 Å². The first-order valence-corrected chi connectivity index (χ1v) is 6.58. The van der Waals surface area contributed by atoms with Crippen LogP contribution in [-0.4, -0.2) is 32.6 Å². The molecule has 19 heavy (non-hydrogen) atoms. The summed E-state index contributed by atoms with van der Waals surface area (Å²) in [5, 5.41) is 3.21. The number of Topliss-reactive ketones (excluding diaryl/α,β-unsaturated/α-hetero) is 1. The maximum absolute atomic E-state index is 11.9. The Morgan fingerprint density at radius 3 is 2.47 bits per heavy atom. The number of likely N-dealkylation sites (N-methyl/N-ethyl adjacent to an activating group) is 1. The normalized spacial score (nSPS) is 16.8. The van der Waals surface area contributed by atoms with Gasteiger partial charge in [-0.2, -0.15) is 0 Å². The molecule has 0 saturated carbocycles. The van der Waals surface area contributed by atoms with Crippen molar-refractivity contribution in [2.24, 2.45) is 5.41 Å². The number of nitrogens with one attached hydrogen (secondary N) is 1. The molecule has 4 nitrogen and oxygen atoms in total. The third kappa shape index (κ3) is 3.19. The first kappa shape index (κ1) is 14.2. The van der Waals surface area contributed by atoms with Crippen molar-refractivity contribution >= 4 is 17.4 Å². The summed E-state index contributed by atoms with van der Waals surface area (Å²) in [7, 11) is 1.72. The molecule has 1 aromatic rings. The minimum atomic E-state index is -0.0688. The van der Waals surface area contributed by atoms with Gasteiger partial charge in [0.2, 0.25) is 0 Å². The fraction of sp³-hybridized carbons (Fsp3) is 0.500. The molecule has 1 N–H and O–H groups in total. The van der Waals surface area contributed by atoms with E-state index in [0.717, 1.165) is 0 Å². The second-order valence-electron chi connectivity index (χ2n) is 5.47. The first-order chi connectivity index (χ1) is 8.93. The fourth-order valence-corrected chi connectivity index (χ4v) is 2.08. The van der Waals surface area contributed by atoms with E-state index in [-0.39, 0.29) is 17.7 Å². The summed E-state index contributed by atoms with van der Waals surface area (Å²) in [6.45, 7) is 5.47. The van der Waals surface area contributed by atoms with Gasteiger partial charge in [0, 0.05) is 17.0 Å². The van der Waals surface area contributed by atoms with Gasteiger partial charge in [0.15, 0.2) is 17.3 Å². The molecule has 2 rings (SSSR count). The zero-order chi connectivity index (χ0) is 14.0. The molecular formula is C14H18ClNO3. The number of ketones is 1. The lowest BCUT2D eigenvalue weighted by Crippen LogP contribution is -2.26. The second-order valence-corrected chi connectivity index (χ2v) is 5.88. The van der Waals surface area contributed by atoms with Crippen molar-refractivity contribution in [1.29, 1.82) is 0 Å². The van der Waals surface area contributed by atoms with Crippen LogP contribution in [0.5, 0.6) is 11.5 Å². The second kappa shape index (κ2) is 5.39. The lowest BCUT2D eigenvalue weighted by Gasteiger charge is -2.19. The Morgan fingerprint density at radius 1 is 1.32 bits per heavy atom. The molecule has 0 fully saturated rings. The summed E-state index contributed by atoms with van der Waals surface area (Å²) >= 11 is 6.13. The van der Waals surface area contributed by atoms with Crippen molar-refractivity contribution in [3.8, 4) is 11.5 Å². The molecule has 0 atom stereocenters. The molecule has 1 aromatic carbocycles. The molecule has 0 unspecified atom stereocenters. The molecule has 0 amide bonds. The smallest absolute Gasteiger partial charge is 0.178 e. The van der Waals surface area contributed by atoms with Gasteiger partial charge in [-0.25, -0.2) is 0 Å². The molecular weight excluding hydrogens is 266 g/mol. The Bertz CT molecular complexity index is 500. The number of benzene rings is 1. The summed E-state index contributed by atoms with van der Waals surface area (Å²) in [6.07, 6.45) is 0. The minimum absolute atomic E-state index is 0.0672. The highest BCUT2D eigenvalue weighted by atomic mass is 35.5. The first-order valence-electron chi connectivity index (χ1n) is 6.20. The highest BCUT2D eigenvalue weighted by Gasteiger charge is 2.26. The van der Waals surface area contributed by atoms with Crippen LogP contribution >= 0.6 is 11.6 Å². The van der Waals surface area contributed by atoms with Crippen LogP contribution in [0.15, 0.2) is 12.1 Å². The number of hydrogen-bond donors (Lipinski definition) is 1. The van der Waals surface area contributed by atoms with Crippen LogP contribution in [-0.2, 0) is 0 Å². The molecule has 0 spiro atoms. The molecule has 1 heterocycles. The monoisotopic (exact) mass is 283 g/mol. The molecule has 0 aromatic heterocycles. The van der Waals surface area contributed by atoms with E-state index in [4.69, 9.17) is 21.1 Å². The molecule has 0 radical (unpaired) electrons. The van der Waals surface area contributed by atoms with Gasteiger partial charge in [0.25, 0.3) is 0 Å². The summed E-state index contributed by atoms with van der Waals surface area (Å²) in [5.74, 6) is 1.11. The highest BCUT2D eigenvalue weighted by molar-refractivity contribution is 6.34. The van der Waals surface area contributed by atoms with E-state index < -0.39 is 0 Å². The van der Waals surface area contributed by atoms with Gasteiger partial charge in [-0.3, -0.25) is 4.79 Å². The van der Waals surface area contributed by atoms with Crippen LogP contribution < -0.4 is 14.8 Å². The largest absolute Gasteiger partial charge is 0.489 e. The summed E-state index contributed by atoms with van der Waals surface area (Å²) < 4.78 is 11.4. The van der Waals surface area contributed by atoms with Gasteiger partial charge in [-0.1, -0.05) is 25.4 Å². The predicted octanol–water partition coefficient (Wildman–Crippen LogP) is 2.54. The van der Waals surface area contributed by atoms with Crippen LogP contribution in [0.1, 0.15) is 24.2 Å². The number of fused-ring (bicyclic) bond motifs is 1. The van der Waals surface area contributed by atoms with E-state index >= 15 is 0 Å². The minimum Gasteiger partial charge on any atom is -0.489 e. The fourth-order valence-electron chi connectivity index (χ4n) is 1.82. The third-order valence-electron chi connectivity index (χ3n) is 2.91. The van der Waals surface area contributed by atoms with E-state index in [1.54, 1.807) is 19.2 Å². The molecule has 1 aliphatic heterocycles. The lowest BCUT2D eigenvalue weighted by molar-refractivity contribution is 0.0993. The van der Waals surface area contributed by atoms with Gasteiger partial charge in [0.1, 0.15) is 0 Å². The zero-order valence-corrected chi connectivity index (χ0v) is 12.1. The number of rotatable bonds is 3. The Labute approximate surface area is 118 Å². The van der Waals surface area contributed by atoms with Gasteiger partial charge in [-0.05, 0) is 13.1 Å². The van der Waals surface area contributed by atoms with Crippen molar-refractivity contribution in [3.05, 3.63) is 22.7 Å². The van der Waals surface area contributed by atoms with Crippen LogP contribution in [0.3, 0.4) is 0 Å². The van der Waals surface area contributed by atoms with Crippen LogP contribution in [0.4, 0.5) is 0 Å². The van der Waals surface area contributed by atoms with Crippen molar-refractivity contribution in [3.63, 3.8) is 0 Å². The van der Waals surface area contributed by atoms with Crippen molar-refractivity contribution in [2.45, 2.75) is 13.8 Å². The number of ether oxygens (including phenoxy) is 2. The highest BCUT2D eigenvalue weighted by Crippen LogP contribution is 2.37.